The van der Waals surface area contributed by atoms with Crippen molar-refractivity contribution in [3.63, 3.8) is 0 Å². The van der Waals surface area contributed by atoms with Gasteiger partial charge in [-0.05, 0) is 111 Å². The Labute approximate surface area is 252 Å². The van der Waals surface area contributed by atoms with Gasteiger partial charge in [0.25, 0.3) is 0 Å². The molecule has 0 radical (unpaired) electrons. The minimum atomic E-state index is 1.05. The lowest BCUT2D eigenvalue weighted by Gasteiger charge is -2.19. The molecule has 0 nitrogen and oxygen atoms in total. The van der Waals surface area contributed by atoms with E-state index in [4.69, 9.17) is 0 Å². The molecule has 0 fully saturated rings. The molecule has 0 spiro atoms. The minimum absolute atomic E-state index is 1.05. The van der Waals surface area contributed by atoms with E-state index in [2.05, 4.69) is 149 Å². The molecule has 1 heteroatoms. The van der Waals surface area contributed by atoms with E-state index in [0.717, 1.165) is 6.42 Å². The molecule has 0 aliphatic rings. The number of hydrogen-bond acceptors (Lipinski definition) is 1. The Morgan fingerprint density at radius 1 is 0.548 bits per heavy atom. The molecule has 1 aromatic heterocycles. The first-order valence-corrected chi connectivity index (χ1v) is 15.7. The highest BCUT2D eigenvalue weighted by atomic mass is 32.1. The van der Waals surface area contributed by atoms with Gasteiger partial charge in [-0.25, -0.2) is 0 Å². The molecule has 0 saturated heterocycles. The van der Waals surface area contributed by atoms with Crippen LogP contribution in [0.1, 0.15) is 34.9 Å². The van der Waals surface area contributed by atoms with Gasteiger partial charge in [0.2, 0.25) is 0 Å². The van der Waals surface area contributed by atoms with Gasteiger partial charge in [-0.15, -0.1) is 11.3 Å². The van der Waals surface area contributed by atoms with Crippen molar-refractivity contribution >= 4 is 49.0 Å². The van der Waals surface area contributed by atoms with E-state index >= 15 is 0 Å². The lowest BCUT2D eigenvalue weighted by atomic mass is 9.85. The van der Waals surface area contributed by atoms with E-state index in [1.165, 1.54) is 86.6 Å². The molecule has 0 N–H and O–H groups in total. The number of aryl methyl sites for hydroxylation is 2. The first-order chi connectivity index (χ1) is 20.5. The van der Waals surface area contributed by atoms with E-state index in [1.807, 2.05) is 11.3 Å². The fourth-order valence-electron chi connectivity index (χ4n) is 6.59. The van der Waals surface area contributed by atoms with Crippen molar-refractivity contribution in [1.29, 1.82) is 0 Å². The Bertz CT molecular complexity index is 2140. The average molecular weight is 559 g/mol. The van der Waals surface area contributed by atoms with Crippen LogP contribution in [-0.2, 0) is 0 Å². The molecule has 0 amide bonds. The number of thiophene rings is 1. The largest absolute Gasteiger partial charge is 0.140 e. The summed E-state index contributed by atoms with van der Waals surface area (Å²) in [7, 11) is 0. The van der Waals surface area contributed by atoms with Crippen LogP contribution in [0, 0.1) is 20.8 Å². The third-order valence-corrected chi connectivity index (χ3v) is 9.86. The maximum atomic E-state index is 2.36. The molecule has 0 saturated carbocycles. The highest BCUT2D eigenvalue weighted by Gasteiger charge is 2.16. The summed E-state index contributed by atoms with van der Waals surface area (Å²) in [6, 6.07) is 40.5. The van der Waals surface area contributed by atoms with Crippen molar-refractivity contribution in [3.05, 3.63) is 137 Å². The number of rotatable bonds is 5. The van der Waals surface area contributed by atoms with Crippen LogP contribution in [0.25, 0.3) is 71.1 Å². The number of hydrogen-bond donors (Lipinski definition) is 0. The lowest BCUT2D eigenvalue weighted by molar-refractivity contribution is 1.23. The first-order valence-electron chi connectivity index (χ1n) is 14.9. The molecule has 0 bridgehead atoms. The monoisotopic (exact) mass is 558 g/mol. The van der Waals surface area contributed by atoms with Crippen molar-refractivity contribution in [2.24, 2.45) is 0 Å². The second kappa shape index (κ2) is 10.7. The first kappa shape index (κ1) is 26.4. The molecule has 0 unspecified atom stereocenters. The van der Waals surface area contributed by atoms with Gasteiger partial charge in [-0.1, -0.05) is 116 Å². The van der Waals surface area contributed by atoms with E-state index in [1.54, 1.807) is 0 Å². The van der Waals surface area contributed by atoms with Crippen LogP contribution in [0.15, 0.2) is 115 Å². The van der Waals surface area contributed by atoms with Gasteiger partial charge in [-0.3, -0.25) is 0 Å². The van der Waals surface area contributed by atoms with Gasteiger partial charge in [0.1, 0.15) is 0 Å². The molecule has 0 aliphatic heterocycles. The fourth-order valence-corrected chi connectivity index (χ4v) is 7.62. The molecule has 7 aromatic rings. The average Bonchev–Trinajstić information content (AvgIpc) is 3.35. The van der Waals surface area contributed by atoms with Crippen LogP contribution in [0.2, 0.25) is 0 Å². The zero-order chi connectivity index (χ0) is 28.8. The third kappa shape index (κ3) is 4.37. The standard InChI is InChI=1S/C41H34S/c1-5-6-12-35-28(4)42-40-24-23-31(25-39(35)40)29-19-21-30(22-20-29)32-17-11-18-34(26(32)2)41-27(3)33-13-7-8-14-36(33)37-15-9-10-16-38(37)41/h6-25H,5H2,1-4H3/b12-6-. The summed E-state index contributed by atoms with van der Waals surface area (Å²) in [4.78, 5) is 1.38. The molecule has 42 heavy (non-hydrogen) atoms. The Kier molecular flexibility index (Phi) is 6.76. The zero-order valence-electron chi connectivity index (χ0n) is 24.7. The Morgan fingerprint density at radius 2 is 1.17 bits per heavy atom. The Balaban J connectivity index is 1.31. The minimum Gasteiger partial charge on any atom is -0.140 e. The van der Waals surface area contributed by atoms with Gasteiger partial charge < -0.3 is 0 Å². The van der Waals surface area contributed by atoms with Gasteiger partial charge in [-0.2, -0.15) is 0 Å². The molecule has 0 aliphatic carbocycles. The highest BCUT2D eigenvalue weighted by molar-refractivity contribution is 7.19. The molecule has 6 aromatic carbocycles. The fraction of sp³-hybridized carbons (Fsp3) is 0.122. The third-order valence-electron chi connectivity index (χ3n) is 8.76. The SMILES string of the molecule is CC/C=C\c1c(C)sc2ccc(-c3ccc(-c4cccc(-c5c(C)c6ccccc6c6ccccc56)c4C)cc3)cc12. The van der Waals surface area contributed by atoms with Crippen molar-refractivity contribution in [3.8, 4) is 33.4 Å². The normalized spacial score (nSPS) is 11.8. The molecule has 7 rings (SSSR count). The summed E-state index contributed by atoms with van der Waals surface area (Å²) in [5.41, 5.74) is 11.7. The van der Waals surface area contributed by atoms with Crippen LogP contribution >= 0.6 is 11.3 Å². The van der Waals surface area contributed by atoms with Crippen molar-refractivity contribution in [1.82, 2.24) is 0 Å². The predicted octanol–water partition coefficient (Wildman–Crippen LogP) is 12.6. The Morgan fingerprint density at radius 3 is 1.90 bits per heavy atom. The summed E-state index contributed by atoms with van der Waals surface area (Å²) in [5, 5.41) is 6.63. The lowest BCUT2D eigenvalue weighted by Crippen LogP contribution is -1.94. The maximum Gasteiger partial charge on any atom is 0.0352 e. The van der Waals surface area contributed by atoms with Gasteiger partial charge in [0.15, 0.2) is 0 Å². The second-order valence-corrected chi connectivity index (χ2v) is 12.5. The highest BCUT2D eigenvalue weighted by Crippen LogP contribution is 2.42. The zero-order valence-corrected chi connectivity index (χ0v) is 25.5. The smallest absolute Gasteiger partial charge is 0.0352 e. The summed E-state index contributed by atoms with van der Waals surface area (Å²) < 4.78 is 1.35. The van der Waals surface area contributed by atoms with E-state index in [0.29, 0.717) is 0 Å². The van der Waals surface area contributed by atoms with Crippen molar-refractivity contribution in [2.75, 3.05) is 0 Å². The summed E-state index contributed by atoms with van der Waals surface area (Å²) in [6.45, 7) is 8.98. The Hall–Kier alpha value is -4.46. The van der Waals surface area contributed by atoms with Crippen LogP contribution in [0.5, 0.6) is 0 Å². The second-order valence-electron chi connectivity index (χ2n) is 11.2. The number of benzene rings is 6. The summed E-state index contributed by atoms with van der Waals surface area (Å²) in [6.07, 6.45) is 5.60. The summed E-state index contributed by atoms with van der Waals surface area (Å²) in [5.74, 6) is 0. The van der Waals surface area contributed by atoms with Gasteiger partial charge in [0, 0.05) is 15.0 Å². The van der Waals surface area contributed by atoms with Gasteiger partial charge >= 0.3 is 0 Å². The van der Waals surface area contributed by atoms with Crippen LogP contribution < -0.4 is 0 Å². The van der Waals surface area contributed by atoms with E-state index in [-0.39, 0.29) is 0 Å². The van der Waals surface area contributed by atoms with Gasteiger partial charge in [0.05, 0.1) is 0 Å². The van der Waals surface area contributed by atoms with Crippen LogP contribution in [0.4, 0.5) is 0 Å². The molecule has 204 valence electrons. The molecule has 1 heterocycles. The molecular formula is C41H34S. The number of fused-ring (bicyclic) bond motifs is 4. The molecular weight excluding hydrogens is 525 g/mol. The molecule has 0 atom stereocenters. The van der Waals surface area contributed by atoms with Crippen LogP contribution in [0.3, 0.4) is 0 Å². The van der Waals surface area contributed by atoms with E-state index < -0.39 is 0 Å². The topological polar surface area (TPSA) is 0 Å². The van der Waals surface area contributed by atoms with Crippen molar-refractivity contribution < 1.29 is 0 Å². The van der Waals surface area contributed by atoms with E-state index in [9.17, 15) is 0 Å². The quantitative estimate of drug-likeness (QED) is 0.184. The predicted molar refractivity (Wildman–Crippen MR) is 187 cm³/mol. The van der Waals surface area contributed by atoms with Crippen molar-refractivity contribution in [2.45, 2.75) is 34.1 Å². The van der Waals surface area contributed by atoms with Crippen LogP contribution in [-0.4, -0.2) is 0 Å². The summed E-state index contributed by atoms with van der Waals surface area (Å²) >= 11 is 1.88. The maximum absolute atomic E-state index is 2.36. The number of allylic oxidation sites excluding steroid dienone is 1.